The summed E-state index contributed by atoms with van der Waals surface area (Å²) in [6.07, 6.45) is 2.03. The molecule has 1 aliphatic rings. The molecule has 4 heteroatoms. The zero-order chi connectivity index (χ0) is 12.3. The highest BCUT2D eigenvalue weighted by atomic mass is 19.1. The predicted molar refractivity (Wildman–Crippen MR) is 61.7 cm³/mol. The Labute approximate surface area is 100.0 Å². The van der Waals surface area contributed by atoms with Crippen LogP contribution in [0.2, 0.25) is 0 Å². The molecule has 0 aliphatic carbocycles. The van der Waals surface area contributed by atoms with Crippen molar-refractivity contribution in [1.82, 2.24) is 5.32 Å². The Morgan fingerprint density at radius 2 is 2.24 bits per heavy atom. The molecule has 1 aromatic rings. The number of hydrogen-bond acceptors (Lipinski definition) is 2. The maximum atomic E-state index is 13.5. The summed E-state index contributed by atoms with van der Waals surface area (Å²) in [4.78, 5) is 0. The van der Waals surface area contributed by atoms with Crippen molar-refractivity contribution in [2.75, 3.05) is 13.2 Å². The van der Waals surface area contributed by atoms with Crippen molar-refractivity contribution < 1.29 is 13.5 Å². The van der Waals surface area contributed by atoms with Crippen molar-refractivity contribution in [3.05, 3.63) is 35.4 Å². The van der Waals surface area contributed by atoms with E-state index in [0.717, 1.165) is 25.5 Å². The molecule has 1 saturated heterocycles. The second-order valence-corrected chi connectivity index (χ2v) is 4.47. The molecule has 1 aromatic carbocycles. The molecule has 2 unspecified atom stereocenters. The number of nitrogens with one attached hydrogen (secondary N) is 1. The van der Waals surface area contributed by atoms with E-state index in [-0.39, 0.29) is 17.9 Å². The Morgan fingerprint density at radius 3 is 2.94 bits per heavy atom. The Balaban J connectivity index is 2.02. The van der Waals surface area contributed by atoms with Gasteiger partial charge in [0.25, 0.3) is 0 Å². The molecule has 0 saturated carbocycles. The van der Waals surface area contributed by atoms with E-state index in [1.165, 1.54) is 12.1 Å². The van der Waals surface area contributed by atoms with Gasteiger partial charge in [0.05, 0.1) is 6.61 Å². The Bertz CT molecular complexity index is 378. The zero-order valence-electron chi connectivity index (χ0n) is 9.88. The van der Waals surface area contributed by atoms with Crippen LogP contribution in [0.3, 0.4) is 0 Å². The Kier molecular flexibility index (Phi) is 4.07. The highest BCUT2D eigenvalue weighted by Crippen LogP contribution is 2.20. The number of halogens is 2. The number of hydrogen-bond donors (Lipinski definition) is 1. The molecular weight excluding hydrogens is 224 g/mol. The molecule has 17 heavy (non-hydrogen) atoms. The van der Waals surface area contributed by atoms with Crippen molar-refractivity contribution in [2.45, 2.75) is 31.8 Å². The van der Waals surface area contributed by atoms with Crippen LogP contribution in [0, 0.1) is 11.6 Å². The van der Waals surface area contributed by atoms with Gasteiger partial charge in [-0.05, 0) is 38.0 Å². The fourth-order valence-electron chi connectivity index (χ4n) is 2.16. The van der Waals surface area contributed by atoms with Gasteiger partial charge in [-0.2, -0.15) is 0 Å². The average Bonchev–Trinajstić information content (AvgIpc) is 2.33. The topological polar surface area (TPSA) is 21.3 Å². The second kappa shape index (κ2) is 5.56. The van der Waals surface area contributed by atoms with E-state index in [0.29, 0.717) is 12.2 Å². The summed E-state index contributed by atoms with van der Waals surface area (Å²) in [5.41, 5.74) is 0.371. The first kappa shape index (κ1) is 12.5. The molecule has 94 valence electrons. The van der Waals surface area contributed by atoms with Gasteiger partial charge in [0.2, 0.25) is 0 Å². The molecular formula is C13H17F2NO. The van der Waals surface area contributed by atoms with Crippen LogP contribution in [0.4, 0.5) is 8.78 Å². The summed E-state index contributed by atoms with van der Waals surface area (Å²) in [5.74, 6) is -0.780. The number of benzene rings is 1. The van der Waals surface area contributed by atoms with Gasteiger partial charge in [-0.15, -0.1) is 0 Å². The highest BCUT2D eigenvalue weighted by Gasteiger charge is 2.18. The monoisotopic (exact) mass is 241 g/mol. The normalized spacial score (nSPS) is 22.4. The largest absolute Gasteiger partial charge is 0.380 e. The molecule has 2 nitrogen and oxygen atoms in total. The first-order chi connectivity index (χ1) is 8.16. The predicted octanol–water partition coefficient (Wildman–Crippen LogP) is 2.79. The van der Waals surface area contributed by atoms with Gasteiger partial charge in [-0.25, -0.2) is 8.78 Å². The maximum Gasteiger partial charge on any atom is 0.128 e. The minimum atomic E-state index is -0.407. The minimum absolute atomic E-state index is 0.211. The van der Waals surface area contributed by atoms with Crippen LogP contribution < -0.4 is 5.32 Å². The van der Waals surface area contributed by atoms with Crippen molar-refractivity contribution >= 4 is 0 Å². The highest BCUT2D eigenvalue weighted by molar-refractivity contribution is 5.21. The van der Waals surface area contributed by atoms with Crippen LogP contribution in [0.5, 0.6) is 0 Å². The Morgan fingerprint density at radius 1 is 1.41 bits per heavy atom. The van der Waals surface area contributed by atoms with Gasteiger partial charge >= 0.3 is 0 Å². The molecule has 0 bridgehead atoms. The van der Waals surface area contributed by atoms with Gasteiger partial charge < -0.3 is 10.1 Å². The molecule has 1 aliphatic heterocycles. The van der Waals surface area contributed by atoms with Crippen LogP contribution in [0.15, 0.2) is 18.2 Å². The van der Waals surface area contributed by atoms with Crippen molar-refractivity contribution in [3.8, 4) is 0 Å². The molecule has 0 radical (unpaired) electrons. The molecule has 0 amide bonds. The van der Waals surface area contributed by atoms with Gasteiger partial charge in [-0.3, -0.25) is 0 Å². The lowest BCUT2D eigenvalue weighted by atomic mass is 10.0. The smallest absolute Gasteiger partial charge is 0.128 e. The van der Waals surface area contributed by atoms with E-state index in [9.17, 15) is 8.78 Å². The lowest BCUT2D eigenvalue weighted by Crippen LogP contribution is -2.38. The third-order valence-corrected chi connectivity index (χ3v) is 3.07. The van der Waals surface area contributed by atoms with Crippen molar-refractivity contribution in [1.29, 1.82) is 0 Å². The molecule has 0 aromatic heterocycles. The van der Waals surface area contributed by atoms with E-state index < -0.39 is 5.82 Å². The molecule has 1 N–H and O–H groups in total. The molecule has 1 heterocycles. The Hall–Kier alpha value is -1.00. The lowest BCUT2D eigenvalue weighted by Gasteiger charge is -2.27. The molecule has 1 fully saturated rings. The lowest BCUT2D eigenvalue weighted by molar-refractivity contribution is 0.0669. The van der Waals surface area contributed by atoms with Gasteiger partial charge in [-0.1, -0.05) is 0 Å². The second-order valence-electron chi connectivity index (χ2n) is 4.47. The zero-order valence-corrected chi connectivity index (χ0v) is 9.88. The van der Waals surface area contributed by atoms with Crippen LogP contribution in [-0.4, -0.2) is 19.3 Å². The SMILES string of the molecule is CC(NC1CCCOC1)c1cc(F)ccc1F. The summed E-state index contributed by atoms with van der Waals surface area (Å²) in [7, 11) is 0. The van der Waals surface area contributed by atoms with Crippen LogP contribution in [0.1, 0.15) is 31.4 Å². The first-order valence-electron chi connectivity index (χ1n) is 5.95. The van der Waals surface area contributed by atoms with Gasteiger partial charge in [0, 0.05) is 24.3 Å². The van der Waals surface area contributed by atoms with E-state index in [4.69, 9.17) is 4.74 Å². The molecule has 0 spiro atoms. The van der Waals surface area contributed by atoms with Crippen LogP contribution >= 0.6 is 0 Å². The number of ether oxygens (including phenoxy) is 1. The minimum Gasteiger partial charge on any atom is -0.380 e. The fourth-order valence-corrected chi connectivity index (χ4v) is 2.16. The fraction of sp³-hybridized carbons (Fsp3) is 0.538. The standard InChI is InChI=1S/C13H17F2NO/c1-9(16-11-3-2-6-17-8-11)12-7-10(14)4-5-13(12)15/h4-5,7,9,11,16H,2-3,6,8H2,1H3. The van der Waals surface area contributed by atoms with Gasteiger partial charge in [0.15, 0.2) is 0 Å². The summed E-state index contributed by atoms with van der Waals surface area (Å²) >= 11 is 0. The van der Waals surface area contributed by atoms with E-state index in [2.05, 4.69) is 5.32 Å². The first-order valence-corrected chi connectivity index (χ1v) is 5.95. The summed E-state index contributed by atoms with van der Waals surface area (Å²) in [6, 6.07) is 3.56. The summed E-state index contributed by atoms with van der Waals surface area (Å²) < 4.78 is 31.9. The van der Waals surface area contributed by atoms with E-state index in [1.807, 2.05) is 6.92 Å². The van der Waals surface area contributed by atoms with Crippen molar-refractivity contribution in [2.24, 2.45) is 0 Å². The average molecular weight is 241 g/mol. The van der Waals surface area contributed by atoms with E-state index >= 15 is 0 Å². The van der Waals surface area contributed by atoms with Crippen LogP contribution in [-0.2, 0) is 4.74 Å². The third kappa shape index (κ3) is 3.23. The number of rotatable bonds is 3. The summed E-state index contributed by atoms with van der Waals surface area (Å²) in [6.45, 7) is 3.27. The van der Waals surface area contributed by atoms with E-state index in [1.54, 1.807) is 0 Å². The molecule has 2 rings (SSSR count). The molecule has 2 atom stereocenters. The summed E-state index contributed by atoms with van der Waals surface area (Å²) in [5, 5.41) is 3.27. The third-order valence-electron chi connectivity index (χ3n) is 3.07. The van der Waals surface area contributed by atoms with Crippen molar-refractivity contribution in [3.63, 3.8) is 0 Å². The maximum absolute atomic E-state index is 13.5. The quantitative estimate of drug-likeness (QED) is 0.878. The van der Waals surface area contributed by atoms with Crippen LogP contribution in [0.25, 0.3) is 0 Å². The van der Waals surface area contributed by atoms with Gasteiger partial charge in [0.1, 0.15) is 11.6 Å².